The first kappa shape index (κ1) is 10.7. The lowest BCUT2D eigenvalue weighted by Crippen LogP contribution is -1.83. The molecule has 0 saturated heterocycles. The molecule has 13 heavy (non-hydrogen) atoms. The summed E-state index contributed by atoms with van der Waals surface area (Å²) in [5.74, 6) is 0. The average molecular weight is 244 g/mol. The van der Waals surface area contributed by atoms with Crippen LogP contribution in [0.15, 0.2) is 10.3 Å². The van der Waals surface area contributed by atoms with E-state index >= 15 is 0 Å². The molecule has 0 fully saturated rings. The molecule has 0 amide bonds. The fourth-order valence-electron chi connectivity index (χ4n) is 0.553. The minimum Gasteiger partial charge on any atom is -0.258 e. The molecule has 0 radical (unpaired) electrons. The van der Waals surface area contributed by atoms with Crippen molar-refractivity contribution >= 4 is 40.7 Å². The van der Waals surface area contributed by atoms with Gasteiger partial charge in [-0.15, -0.1) is 15.7 Å². The molecule has 0 aliphatic carbocycles. The Hall–Kier alpha value is -0.380. The summed E-state index contributed by atoms with van der Waals surface area (Å²) < 4.78 is 4.53. The zero-order valence-corrected chi connectivity index (χ0v) is 8.19. The molecule has 1 rings (SSSR count). The third-order valence-electron chi connectivity index (χ3n) is 0.989. The van der Waals surface area contributed by atoms with Gasteiger partial charge in [-0.2, -0.15) is 0 Å². The van der Waals surface area contributed by atoms with Crippen LogP contribution in [0.25, 0.3) is 0 Å². The molecule has 72 valence electrons. The molecule has 0 unspecified atom stereocenters. The van der Waals surface area contributed by atoms with Crippen LogP contribution in [0.1, 0.15) is 0 Å². The lowest BCUT2D eigenvalue weighted by molar-refractivity contribution is -0.432. The van der Waals surface area contributed by atoms with Crippen molar-refractivity contribution in [1.29, 1.82) is 0 Å². The predicted octanol–water partition coefficient (Wildman–Crippen LogP) is 2.74. The van der Waals surface area contributed by atoms with Crippen molar-refractivity contribution < 1.29 is 19.6 Å². The maximum Gasteiger partial charge on any atom is 0.299 e. The number of hydrogen-bond acceptors (Lipinski definition) is 7. The highest BCUT2D eigenvalue weighted by molar-refractivity contribution is 7.96. The van der Waals surface area contributed by atoms with E-state index in [-0.39, 0.29) is 10.0 Å². The van der Waals surface area contributed by atoms with Gasteiger partial charge in [-0.25, -0.2) is 5.26 Å². The van der Waals surface area contributed by atoms with Crippen molar-refractivity contribution in [3.05, 3.63) is 20.5 Å². The summed E-state index contributed by atoms with van der Waals surface area (Å²) in [5, 5.41) is 21.4. The highest BCUT2D eigenvalue weighted by Gasteiger charge is 2.17. The normalized spacial score (nSPS) is 10.3. The molecule has 0 aliphatic rings. The van der Waals surface area contributed by atoms with Crippen LogP contribution in [-0.2, 0) is 9.37 Å². The Labute approximate surface area is 85.2 Å². The summed E-state index contributed by atoms with van der Waals surface area (Å²) in [6, 6.07) is 1.22. The first-order valence-electron chi connectivity index (χ1n) is 2.73. The standard InChI is InChI=1S/C4H2ClNO5S2/c5-4-2(6(7)8)1-3(12-4)13-11-10-9/h1,9H. The molecule has 0 aromatic carbocycles. The van der Waals surface area contributed by atoms with Crippen molar-refractivity contribution in [2.75, 3.05) is 0 Å². The molecule has 6 nitrogen and oxygen atoms in total. The lowest BCUT2D eigenvalue weighted by atomic mass is 10.6. The van der Waals surface area contributed by atoms with E-state index in [0.29, 0.717) is 16.3 Å². The number of nitro groups is 1. The fraction of sp³-hybridized carbons (Fsp3) is 0. The van der Waals surface area contributed by atoms with E-state index in [4.69, 9.17) is 16.9 Å². The van der Waals surface area contributed by atoms with Gasteiger partial charge in [0.15, 0.2) is 4.34 Å². The largest absolute Gasteiger partial charge is 0.299 e. The van der Waals surface area contributed by atoms with Gasteiger partial charge in [0.1, 0.15) is 0 Å². The minimum atomic E-state index is -0.608. The highest BCUT2D eigenvalue weighted by atomic mass is 35.5. The Kier molecular flexibility index (Phi) is 3.90. The van der Waals surface area contributed by atoms with Crippen LogP contribution in [0, 0.1) is 10.1 Å². The van der Waals surface area contributed by atoms with Crippen LogP contribution in [0.5, 0.6) is 0 Å². The molecule has 0 aliphatic heterocycles. The van der Waals surface area contributed by atoms with Crippen LogP contribution >= 0.6 is 35.0 Å². The van der Waals surface area contributed by atoms with Gasteiger partial charge in [-0.3, -0.25) is 10.1 Å². The molecule has 0 saturated carbocycles. The van der Waals surface area contributed by atoms with Crippen molar-refractivity contribution in [2.24, 2.45) is 0 Å². The average Bonchev–Trinajstić information content (AvgIpc) is 2.43. The third-order valence-corrected chi connectivity index (χ3v) is 2.99. The molecule has 1 heterocycles. The number of nitrogens with zero attached hydrogens (tertiary/aromatic N) is 1. The molecular formula is C4H2ClNO5S2. The van der Waals surface area contributed by atoms with Gasteiger partial charge in [0.25, 0.3) is 5.69 Å². The SMILES string of the molecule is O=[N+]([O-])c1cc(SOOO)sc1Cl. The van der Waals surface area contributed by atoms with Crippen molar-refractivity contribution in [3.8, 4) is 0 Å². The van der Waals surface area contributed by atoms with Crippen molar-refractivity contribution in [1.82, 2.24) is 0 Å². The van der Waals surface area contributed by atoms with Gasteiger partial charge < -0.3 is 0 Å². The monoisotopic (exact) mass is 243 g/mol. The Morgan fingerprint density at radius 1 is 1.77 bits per heavy atom. The van der Waals surface area contributed by atoms with Gasteiger partial charge in [0.05, 0.1) is 21.2 Å². The summed E-state index contributed by atoms with van der Waals surface area (Å²) in [6.07, 6.45) is 0. The summed E-state index contributed by atoms with van der Waals surface area (Å²) in [5.41, 5.74) is -0.198. The van der Waals surface area contributed by atoms with E-state index in [2.05, 4.69) is 9.37 Å². The minimum absolute atomic E-state index is 0.0500. The van der Waals surface area contributed by atoms with E-state index in [1.165, 1.54) is 6.07 Å². The molecule has 0 atom stereocenters. The van der Waals surface area contributed by atoms with Gasteiger partial charge in [-0.05, 0) is 0 Å². The topological polar surface area (TPSA) is 81.8 Å². The van der Waals surface area contributed by atoms with E-state index in [9.17, 15) is 10.1 Å². The number of rotatable bonds is 4. The molecule has 9 heteroatoms. The summed E-state index contributed by atoms with van der Waals surface area (Å²) in [7, 11) is 0. The lowest BCUT2D eigenvalue weighted by Gasteiger charge is -1.88. The second kappa shape index (κ2) is 4.74. The van der Waals surface area contributed by atoms with E-state index in [0.717, 1.165) is 11.3 Å². The van der Waals surface area contributed by atoms with Crippen LogP contribution in [0.2, 0.25) is 4.34 Å². The first-order chi connectivity index (χ1) is 6.15. The Morgan fingerprint density at radius 2 is 2.46 bits per heavy atom. The van der Waals surface area contributed by atoms with Gasteiger partial charge in [-0.1, -0.05) is 16.6 Å². The van der Waals surface area contributed by atoms with Crippen LogP contribution < -0.4 is 0 Å². The highest BCUT2D eigenvalue weighted by Crippen LogP contribution is 2.39. The second-order valence-corrected chi connectivity index (χ2v) is 4.36. The Morgan fingerprint density at radius 3 is 2.92 bits per heavy atom. The summed E-state index contributed by atoms with van der Waals surface area (Å²) >= 11 is 7.11. The molecular weight excluding hydrogens is 242 g/mol. The zero-order chi connectivity index (χ0) is 9.84. The van der Waals surface area contributed by atoms with Crippen LogP contribution in [0.3, 0.4) is 0 Å². The van der Waals surface area contributed by atoms with Gasteiger partial charge in [0, 0.05) is 6.07 Å². The maximum absolute atomic E-state index is 10.3. The quantitative estimate of drug-likeness (QED) is 0.379. The van der Waals surface area contributed by atoms with Crippen LogP contribution in [-0.4, -0.2) is 10.2 Å². The fourth-order valence-corrected chi connectivity index (χ4v) is 2.37. The molecule has 0 spiro atoms. The summed E-state index contributed by atoms with van der Waals surface area (Å²) in [6.45, 7) is 0. The number of halogens is 1. The first-order valence-corrected chi connectivity index (χ1v) is 4.67. The zero-order valence-electron chi connectivity index (χ0n) is 5.80. The smallest absolute Gasteiger partial charge is 0.258 e. The number of hydrogen-bond donors (Lipinski definition) is 1. The van der Waals surface area contributed by atoms with E-state index in [1.807, 2.05) is 0 Å². The molecule has 1 aromatic heterocycles. The second-order valence-electron chi connectivity index (χ2n) is 1.71. The van der Waals surface area contributed by atoms with E-state index < -0.39 is 4.92 Å². The van der Waals surface area contributed by atoms with Crippen LogP contribution in [0.4, 0.5) is 5.69 Å². The van der Waals surface area contributed by atoms with Gasteiger partial charge >= 0.3 is 0 Å². The number of thiophene rings is 1. The predicted molar refractivity (Wildman–Crippen MR) is 46.6 cm³/mol. The molecule has 1 aromatic rings. The van der Waals surface area contributed by atoms with E-state index in [1.54, 1.807) is 0 Å². The third kappa shape index (κ3) is 2.79. The molecule has 0 bridgehead atoms. The van der Waals surface area contributed by atoms with Crippen molar-refractivity contribution in [2.45, 2.75) is 4.21 Å². The van der Waals surface area contributed by atoms with Crippen molar-refractivity contribution in [3.63, 3.8) is 0 Å². The van der Waals surface area contributed by atoms with Gasteiger partial charge in [0.2, 0.25) is 0 Å². The summed E-state index contributed by atoms with van der Waals surface area (Å²) in [4.78, 5) is 9.70. The maximum atomic E-state index is 10.3. The molecule has 1 N–H and O–H groups in total. The Balaban J connectivity index is 2.76. The Bertz CT molecular complexity index is 315.